The molecule has 4 aromatic rings. The summed E-state index contributed by atoms with van der Waals surface area (Å²) in [6, 6.07) is 22.5. The number of H-pyrrole nitrogens is 1. The largest absolute Gasteiger partial charge is 0.354 e. The highest BCUT2D eigenvalue weighted by molar-refractivity contribution is 7.99. The molecule has 9 nitrogen and oxygen atoms in total. The summed E-state index contributed by atoms with van der Waals surface area (Å²) in [5.74, 6) is 3.00. The molecule has 0 bridgehead atoms. The molecule has 3 heterocycles. The fraction of sp³-hybridized carbons (Fsp3) is 0.333. The average molecular weight is 555 g/mol. The highest BCUT2D eigenvalue weighted by Crippen LogP contribution is 2.40. The summed E-state index contributed by atoms with van der Waals surface area (Å²) in [5.41, 5.74) is 3.30. The maximum atomic E-state index is 11.7. The number of aromatic amines is 1. The van der Waals surface area contributed by atoms with Crippen LogP contribution in [0.15, 0.2) is 76.8 Å². The predicted octanol–water partition coefficient (Wildman–Crippen LogP) is 5.64. The van der Waals surface area contributed by atoms with Crippen molar-refractivity contribution in [1.82, 2.24) is 25.1 Å². The van der Waals surface area contributed by atoms with E-state index in [1.165, 1.54) is 35.9 Å². The maximum Gasteiger partial charge on any atom is 0.224 e. The lowest BCUT2D eigenvalue weighted by molar-refractivity contribution is -0.115. The lowest BCUT2D eigenvalue weighted by atomic mass is 10.2. The third kappa shape index (κ3) is 6.81. The van der Waals surface area contributed by atoms with Gasteiger partial charge in [0.05, 0.1) is 0 Å². The van der Waals surface area contributed by atoms with Crippen molar-refractivity contribution in [2.24, 2.45) is 0 Å². The Kier molecular flexibility index (Phi) is 7.97. The van der Waals surface area contributed by atoms with Gasteiger partial charge in [-0.25, -0.2) is 9.97 Å². The molecule has 6 rings (SSSR count). The molecule has 1 aliphatic heterocycles. The Morgan fingerprint density at radius 1 is 0.975 bits per heavy atom. The second-order valence-electron chi connectivity index (χ2n) is 10.3. The van der Waals surface area contributed by atoms with E-state index < -0.39 is 0 Å². The first-order valence-electron chi connectivity index (χ1n) is 13.9. The first-order chi connectivity index (χ1) is 19.6. The van der Waals surface area contributed by atoms with Crippen LogP contribution in [0.4, 0.5) is 23.1 Å². The summed E-state index contributed by atoms with van der Waals surface area (Å²) in [6.45, 7) is 6.54. The van der Waals surface area contributed by atoms with Gasteiger partial charge < -0.3 is 15.5 Å². The molecule has 0 atom stereocenters. The third-order valence-corrected chi connectivity index (χ3v) is 8.05. The van der Waals surface area contributed by atoms with Crippen LogP contribution in [0.25, 0.3) is 0 Å². The quantitative estimate of drug-likeness (QED) is 0.217. The third-order valence-electron chi connectivity index (χ3n) is 7.18. The minimum Gasteiger partial charge on any atom is -0.354 e. The number of hydrogen-bond donors (Lipinski definition) is 3. The zero-order valence-corrected chi connectivity index (χ0v) is 23.5. The molecule has 2 aromatic heterocycles. The molecule has 0 unspecified atom stereocenters. The van der Waals surface area contributed by atoms with Crippen molar-refractivity contribution in [2.45, 2.75) is 48.7 Å². The summed E-state index contributed by atoms with van der Waals surface area (Å²) in [4.78, 5) is 27.3. The molecular weight excluding hydrogens is 520 g/mol. The van der Waals surface area contributed by atoms with Crippen LogP contribution in [0.3, 0.4) is 0 Å². The molecule has 10 heteroatoms. The summed E-state index contributed by atoms with van der Waals surface area (Å²) < 4.78 is 0. The minimum atomic E-state index is -0.000714. The topological polar surface area (TPSA) is 102 Å². The van der Waals surface area contributed by atoms with E-state index in [1.54, 1.807) is 0 Å². The van der Waals surface area contributed by atoms with E-state index in [9.17, 15) is 4.79 Å². The van der Waals surface area contributed by atoms with Gasteiger partial charge in [0.1, 0.15) is 11.6 Å². The second-order valence-corrected chi connectivity index (χ2v) is 11.3. The zero-order valence-electron chi connectivity index (χ0n) is 22.6. The zero-order chi connectivity index (χ0) is 27.3. The number of hydrogen-bond acceptors (Lipinski definition) is 8. The molecule has 3 N–H and O–H groups in total. The molecule has 40 heavy (non-hydrogen) atoms. The van der Waals surface area contributed by atoms with Gasteiger partial charge in [0.2, 0.25) is 5.91 Å². The van der Waals surface area contributed by atoms with Crippen molar-refractivity contribution in [3.63, 3.8) is 0 Å². The van der Waals surface area contributed by atoms with Gasteiger partial charge >= 0.3 is 0 Å². The van der Waals surface area contributed by atoms with Gasteiger partial charge in [-0.2, -0.15) is 5.10 Å². The number of piperazine rings is 1. The first kappa shape index (κ1) is 26.3. The SMILES string of the molecule is CCC(=O)Nc1ccc(Sc2nc(Nc3cc(C4CC4)[nH]n3)cc(N3CCN(Cc4ccccc4)CC3)n2)cc1. The number of amides is 1. The van der Waals surface area contributed by atoms with Crippen LogP contribution in [0, 0.1) is 0 Å². The number of nitrogens with zero attached hydrogens (tertiary/aromatic N) is 5. The van der Waals surface area contributed by atoms with Gasteiger partial charge in [-0.15, -0.1) is 0 Å². The monoisotopic (exact) mass is 554 g/mol. The average Bonchev–Trinajstić information content (AvgIpc) is 3.73. The van der Waals surface area contributed by atoms with Crippen LogP contribution >= 0.6 is 11.8 Å². The predicted molar refractivity (Wildman–Crippen MR) is 159 cm³/mol. The van der Waals surface area contributed by atoms with Crippen LogP contribution in [0.1, 0.15) is 43.4 Å². The number of anilines is 4. The molecule has 1 saturated carbocycles. The molecule has 1 amide bonds. The first-order valence-corrected chi connectivity index (χ1v) is 14.7. The van der Waals surface area contributed by atoms with Crippen LogP contribution in [0.5, 0.6) is 0 Å². The van der Waals surface area contributed by atoms with E-state index in [-0.39, 0.29) is 5.91 Å². The molecule has 0 spiro atoms. The summed E-state index contributed by atoms with van der Waals surface area (Å²) in [5, 5.41) is 14.6. The molecule has 2 aliphatic rings. The Morgan fingerprint density at radius 3 is 2.48 bits per heavy atom. The van der Waals surface area contributed by atoms with Gasteiger partial charge in [0.25, 0.3) is 0 Å². The lowest BCUT2D eigenvalue weighted by Crippen LogP contribution is -2.46. The fourth-order valence-electron chi connectivity index (χ4n) is 4.76. The lowest BCUT2D eigenvalue weighted by Gasteiger charge is -2.35. The van der Waals surface area contributed by atoms with Gasteiger partial charge in [-0.1, -0.05) is 37.3 Å². The molecule has 1 saturated heterocycles. The van der Waals surface area contributed by atoms with E-state index in [0.717, 1.165) is 60.8 Å². The molecular formula is C30H34N8OS. The van der Waals surface area contributed by atoms with E-state index in [0.29, 0.717) is 17.5 Å². The van der Waals surface area contributed by atoms with Crippen LogP contribution in [-0.4, -0.2) is 57.2 Å². The van der Waals surface area contributed by atoms with Gasteiger partial charge in [0.15, 0.2) is 11.0 Å². The standard InChI is InChI=1S/C30H34N8OS/c1-2-29(39)31-23-10-12-24(13-11-23)40-30-33-26(32-27-18-25(35-36-27)22-8-9-22)19-28(34-30)38-16-14-37(15-17-38)20-21-6-4-3-5-7-21/h3-7,10-13,18-19,22H,2,8-9,14-17,20H2,1H3,(H,31,39)(H2,32,33,34,35,36). The molecule has 2 aromatic carbocycles. The Balaban J connectivity index is 1.18. The van der Waals surface area contributed by atoms with Crippen molar-refractivity contribution >= 4 is 40.8 Å². The number of aromatic nitrogens is 4. The van der Waals surface area contributed by atoms with Crippen LogP contribution in [-0.2, 0) is 11.3 Å². The summed E-state index contributed by atoms with van der Waals surface area (Å²) in [7, 11) is 0. The maximum absolute atomic E-state index is 11.7. The Morgan fingerprint density at radius 2 is 1.75 bits per heavy atom. The van der Waals surface area contributed by atoms with Gasteiger partial charge in [0, 0.05) is 73.5 Å². The summed E-state index contributed by atoms with van der Waals surface area (Å²) in [6.07, 6.45) is 2.89. The van der Waals surface area contributed by atoms with Crippen molar-refractivity contribution in [1.29, 1.82) is 0 Å². The normalized spacial score (nSPS) is 15.7. The van der Waals surface area contributed by atoms with Crippen molar-refractivity contribution in [2.75, 3.05) is 41.7 Å². The van der Waals surface area contributed by atoms with Gasteiger partial charge in [-0.3, -0.25) is 14.8 Å². The highest BCUT2D eigenvalue weighted by atomic mass is 32.2. The fourth-order valence-corrected chi connectivity index (χ4v) is 5.52. The number of rotatable bonds is 10. The van der Waals surface area contributed by atoms with Crippen LogP contribution < -0.4 is 15.5 Å². The van der Waals surface area contributed by atoms with Crippen molar-refractivity contribution < 1.29 is 4.79 Å². The van der Waals surface area contributed by atoms with E-state index in [4.69, 9.17) is 9.97 Å². The number of nitrogens with one attached hydrogen (secondary N) is 3. The number of benzene rings is 2. The molecule has 1 aliphatic carbocycles. The summed E-state index contributed by atoms with van der Waals surface area (Å²) >= 11 is 1.51. The number of carbonyl (C=O) groups excluding carboxylic acids is 1. The van der Waals surface area contributed by atoms with E-state index in [2.05, 4.69) is 67.0 Å². The second kappa shape index (κ2) is 12.1. The number of carbonyl (C=O) groups is 1. The Hall–Kier alpha value is -3.89. The molecule has 206 valence electrons. The van der Waals surface area contributed by atoms with Gasteiger partial charge in [-0.05, 0) is 54.4 Å². The Bertz CT molecular complexity index is 1430. The minimum absolute atomic E-state index is 0.000714. The van der Waals surface area contributed by atoms with Crippen LogP contribution in [0.2, 0.25) is 0 Å². The molecule has 2 fully saturated rings. The van der Waals surface area contributed by atoms with E-state index >= 15 is 0 Å². The Labute approximate surface area is 238 Å². The van der Waals surface area contributed by atoms with E-state index in [1.807, 2.05) is 37.3 Å². The smallest absolute Gasteiger partial charge is 0.224 e. The van der Waals surface area contributed by atoms with Crippen molar-refractivity contribution in [3.05, 3.63) is 78.0 Å². The van der Waals surface area contributed by atoms with Crippen molar-refractivity contribution in [3.8, 4) is 0 Å². The molecule has 0 radical (unpaired) electrons. The highest BCUT2D eigenvalue weighted by Gasteiger charge is 2.26.